The molecule has 1 saturated heterocycles. The third kappa shape index (κ3) is 6.08. The van der Waals surface area contributed by atoms with Crippen molar-refractivity contribution in [2.45, 2.75) is 51.7 Å². The number of fused-ring (bicyclic) bond motifs is 1. The van der Waals surface area contributed by atoms with Crippen molar-refractivity contribution >= 4 is 23.3 Å². The summed E-state index contributed by atoms with van der Waals surface area (Å²) in [4.78, 5) is 30.5. The van der Waals surface area contributed by atoms with Gasteiger partial charge in [0.15, 0.2) is 0 Å². The molecule has 0 saturated carbocycles. The molecule has 4 rings (SSSR count). The van der Waals surface area contributed by atoms with E-state index >= 15 is 0 Å². The molecule has 1 aromatic carbocycles. The molecule has 166 valence electrons. The molecule has 0 radical (unpaired) electrons. The summed E-state index contributed by atoms with van der Waals surface area (Å²) in [6.45, 7) is 6.91. The SMILES string of the molecule is Cc1cccc(CN2CCC(NC(=O)NCCC(=O)N3CCc4sccc4C3)CC2)c1. The number of likely N-dealkylation sites (tertiary alicyclic amines) is 1. The highest BCUT2D eigenvalue weighted by Gasteiger charge is 2.22. The molecule has 1 fully saturated rings. The van der Waals surface area contributed by atoms with Crippen LogP contribution in [0.1, 0.15) is 40.8 Å². The van der Waals surface area contributed by atoms with Crippen LogP contribution in [0.3, 0.4) is 0 Å². The molecule has 0 bridgehead atoms. The fourth-order valence-electron chi connectivity index (χ4n) is 4.44. The van der Waals surface area contributed by atoms with Gasteiger partial charge in [0.1, 0.15) is 0 Å². The van der Waals surface area contributed by atoms with Gasteiger partial charge in [-0.1, -0.05) is 29.8 Å². The monoisotopic (exact) mass is 440 g/mol. The third-order valence-corrected chi connectivity index (χ3v) is 7.22. The van der Waals surface area contributed by atoms with Crippen LogP contribution < -0.4 is 10.6 Å². The van der Waals surface area contributed by atoms with Crippen LogP contribution in [0.5, 0.6) is 0 Å². The Morgan fingerprint density at radius 2 is 2.00 bits per heavy atom. The Balaban J connectivity index is 1.11. The lowest BCUT2D eigenvalue weighted by Gasteiger charge is -2.32. The Bertz CT molecular complexity index is 904. The van der Waals surface area contributed by atoms with Crippen molar-refractivity contribution in [3.63, 3.8) is 0 Å². The summed E-state index contributed by atoms with van der Waals surface area (Å²) < 4.78 is 0. The fourth-order valence-corrected chi connectivity index (χ4v) is 5.33. The Labute approximate surface area is 188 Å². The number of benzene rings is 1. The number of piperidine rings is 1. The molecular formula is C24H32N4O2S. The van der Waals surface area contributed by atoms with Gasteiger partial charge >= 0.3 is 6.03 Å². The second-order valence-corrected chi connectivity index (χ2v) is 9.62. The smallest absolute Gasteiger partial charge is 0.315 e. The zero-order valence-corrected chi connectivity index (χ0v) is 19.0. The topological polar surface area (TPSA) is 64.7 Å². The van der Waals surface area contributed by atoms with Crippen LogP contribution in [-0.4, -0.2) is 54.0 Å². The molecule has 2 aromatic rings. The van der Waals surface area contributed by atoms with Crippen molar-refractivity contribution in [3.05, 3.63) is 57.3 Å². The zero-order valence-electron chi connectivity index (χ0n) is 18.2. The van der Waals surface area contributed by atoms with E-state index in [1.165, 1.54) is 21.6 Å². The molecular weight excluding hydrogens is 408 g/mol. The lowest BCUT2D eigenvalue weighted by molar-refractivity contribution is -0.131. The molecule has 7 heteroatoms. The number of nitrogens with one attached hydrogen (secondary N) is 2. The Kier molecular flexibility index (Phi) is 7.25. The van der Waals surface area contributed by atoms with E-state index in [1.54, 1.807) is 11.3 Å². The van der Waals surface area contributed by atoms with Gasteiger partial charge < -0.3 is 15.5 Å². The van der Waals surface area contributed by atoms with Gasteiger partial charge in [-0.15, -0.1) is 11.3 Å². The molecule has 2 N–H and O–H groups in total. The maximum absolute atomic E-state index is 12.5. The average Bonchev–Trinajstić information content (AvgIpc) is 3.23. The van der Waals surface area contributed by atoms with E-state index in [9.17, 15) is 9.59 Å². The van der Waals surface area contributed by atoms with Crippen LogP contribution in [0, 0.1) is 6.92 Å². The summed E-state index contributed by atoms with van der Waals surface area (Å²) in [5.74, 6) is 0.113. The number of carbonyl (C=O) groups excluding carboxylic acids is 2. The molecule has 0 aliphatic carbocycles. The van der Waals surface area contributed by atoms with Crippen molar-refractivity contribution in [3.8, 4) is 0 Å². The second kappa shape index (κ2) is 10.3. The predicted octanol–water partition coefficient (Wildman–Crippen LogP) is 3.30. The molecule has 2 aliphatic rings. The maximum Gasteiger partial charge on any atom is 0.315 e. The highest BCUT2D eigenvalue weighted by Crippen LogP contribution is 2.24. The summed E-state index contributed by atoms with van der Waals surface area (Å²) in [7, 11) is 0. The van der Waals surface area contributed by atoms with Crippen molar-refractivity contribution in [2.75, 3.05) is 26.2 Å². The molecule has 0 atom stereocenters. The van der Waals surface area contributed by atoms with Crippen molar-refractivity contribution in [2.24, 2.45) is 0 Å². The van der Waals surface area contributed by atoms with Crippen LogP contribution in [0.4, 0.5) is 4.79 Å². The molecule has 6 nitrogen and oxygen atoms in total. The van der Waals surface area contributed by atoms with E-state index in [0.29, 0.717) is 19.5 Å². The zero-order chi connectivity index (χ0) is 21.6. The minimum Gasteiger partial charge on any atom is -0.338 e. The largest absolute Gasteiger partial charge is 0.338 e. The van der Waals surface area contributed by atoms with Gasteiger partial charge in [0, 0.05) is 56.6 Å². The number of rotatable bonds is 6. The minimum absolute atomic E-state index is 0.113. The first-order chi connectivity index (χ1) is 15.1. The van der Waals surface area contributed by atoms with Crippen LogP contribution in [0.2, 0.25) is 0 Å². The minimum atomic E-state index is -0.163. The highest BCUT2D eigenvalue weighted by molar-refractivity contribution is 7.10. The highest BCUT2D eigenvalue weighted by atomic mass is 32.1. The maximum atomic E-state index is 12.5. The molecule has 31 heavy (non-hydrogen) atoms. The number of amides is 3. The Morgan fingerprint density at radius 1 is 1.16 bits per heavy atom. The normalized spacial score (nSPS) is 17.3. The molecule has 2 aliphatic heterocycles. The Hall–Kier alpha value is -2.38. The number of thiophene rings is 1. The first-order valence-corrected chi connectivity index (χ1v) is 12.1. The van der Waals surface area contributed by atoms with Crippen LogP contribution in [0.15, 0.2) is 35.7 Å². The molecule has 0 unspecified atom stereocenters. The van der Waals surface area contributed by atoms with Gasteiger partial charge in [-0.25, -0.2) is 4.79 Å². The van der Waals surface area contributed by atoms with Gasteiger partial charge in [0.25, 0.3) is 0 Å². The first-order valence-electron chi connectivity index (χ1n) is 11.2. The Morgan fingerprint density at radius 3 is 2.81 bits per heavy atom. The molecule has 3 heterocycles. The summed E-state index contributed by atoms with van der Waals surface area (Å²) in [6.07, 6.45) is 3.20. The molecule has 0 spiro atoms. The second-order valence-electron chi connectivity index (χ2n) is 8.62. The van der Waals surface area contributed by atoms with E-state index in [2.05, 4.69) is 58.2 Å². The van der Waals surface area contributed by atoms with Crippen molar-refractivity contribution in [1.29, 1.82) is 0 Å². The fraction of sp³-hybridized carbons (Fsp3) is 0.500. The van der Waals surface area contributed by atoms with Gasteiger partial charge in [-0.2, -0.15) is 0 Å². The van der Waals surface area contributed by atoms with Crippen LogP contribution in [0.25, 0.3) is 0 Å². The van der Waals surface area contributed by atoms with Gasteiger partial charge in [0.2, 0.25) is 5.91 Å². The lowest BCUT2D eigenvalue weighted by Crippen LogP contribution is -2.48. The summed E-state index contributed by atoms with van der Waals surface area (Å²) >= 11 is 1.77. The van der Waals surface area contributed by atoms with E-state index in [-0.39, 0.29) is 18.0 Å². The van der Waals surface area contributed by atoms with E-state index < -0.39 is 0 Å². The number of hydrogen-bond acceptors (Lipinski definition) is 4. The van der Waals surface area contributed by atoms with Crippen LogP contribution in [-0.2, 0) is 24.3 Å². The molecule has 1 aromatic heterocycles. The average molecular weight is 441 g/mol. The van der Waals surface area contributed by atoms with E-state index in [0.717, 1.165) is 45.4 Å². The van der Waals surface area contributed by atoms with Crippen LogP contribution >= 0.6 is 11.3 Å². The lowest BCUT2D eigenvalue weighted by atomic mass is 10.0. The molecule has 3 amide bonds. The predicted molar refractivity (Wildman–Crippen MR) is 124 cm³/mol. The van der Waals surface area contributed by atoms with Gasteiger partial charge in [-0.3, -0.25) is 9.69 Å². The summed E-state index contributed by atoms with van der Waals surface area (Å²) in [5, 5.41) is 8.03. The van der Waals surface area contributed by atoms with Gasteiger partial charge in [0.05, 0.1) is 0 Å². The van der Waals surface area contributed by atoms with Crippen molar-refractivity contribution < 1.29 is 9.59 Å². The standard InChI is InChI=1S/C24H32N4O2S/c1-18-3-2-4-19(15-18)16-27-11-6-21(7-12-27)26-24(30)25-10-5-23(29)28-13-8-22-20(17-28)9-14-31-22/h2-4,9,14-15,21H,5-8,10-13,16-17H2,1H3,(H2,25,26,30). The number of hydrogen-bond donors (Lipinski definition) is 2. The summed E-state index contributed by atoms with van der Waals surface area (Å²) in [6, 6.07) is 10.8. The van der Waals surface area contributed by atoms with E-state index in [4.69, 9.17) is 0 Å². The van der Waals surface area contributed by atoms with Gasteiger partial charge in [-0.05, 0) is 48.8 Å². The van der Waals surface area contributed by atoms with Crippen molar-refractivity contribution in [1.82, 2.24) is 20.4 Å². The number of nitrogens with zero attached hydrogens (tertiary/aromatic N) is 2. The number of aryl methyl sites for hydroxylation is 1. The summed E-state index contributed by atoms with van der Waals surface area (Å²) in [5.41, 5.74) is 3.91. The first kappa shape index (κ1) is 21.8. The van der Waals surface area contributed by atoms with E-state index in [1.807, 2.05) is 4.90 Å². The third-order valence-electron chi connectivity index (χ3n) is 6.20. The number of urea groups is 1. The quantitative estimate of drug-likeness (QED) is 0.725. The number of carbonyl (C=O) groups is 2.